The quantitative estimate of drug-likeness (QED) is 0.904. The average Bonchev–Trinajstić information content (AvgIpc) is 2.64. The molecule has 1 atom stereocenters. The number of aliphatic carboxylic acids is 1. The molecular weight excluding hydrogens is 248 g/mol. The van der Waals surface area contributed by atoms with Gasteiger partial charge in [-0.2, -0.15) is 0 Å². The monoisotopic (exact) mass is 266 g/mol. The molecule has 1 N–H and O–H groups in total. The third-order valence-electron chi connectivity index (χ3n) is 3.13. The summed E-state index contributed by atoms with van der Waals surface area (Å²) in [5, 5.41) is 9.05. The third-order valence-corrected chi connectivity index (χ3v) is 3.13. The minimum absolute atomic E-state index is 0.352. The fourth-order valence-electron chi connectivity index (χ4n) is 2.05. The first-order valence-electron chi connectivity index (χ1n) is 6.31. The van der Waals surface area contributed by atoms with E-state index in [0.29, 0.717) is 36.9 Å². The maximum Gasteiger partial charge on any atom is 0.306 e. The van der Waals surface area contributed by atoms with Crippen molar-refractivity contribution in [2.45, 2.75) is 19.8 Å². The highest BCUT2D eigenvalue weighted by Gasteiger charge is 2.23. The molecule has 1 aliphatic rings. The topological polar surface area (TPSA) is 65.0 Å². The number of fused-ring (bicyclic) bond motifs is 1. The van der Waals surface area contributed by atoms with Gasteiger partial charge in [0.2, 0.25) is 0 Å². The summed E-state index contributed by atoms with van der Waals surface area (Å²) in [6, 6.07) is 3.59. The highest BCUT2D eigenvalue weighted by molar-refractivity contribution is 5.70. The van der Waals surface area contributed by atoms with Crippen LogP contribution < -0.4 is 14.2 Å². The molecule has 104 valence electrons. The molecule has 0 radical (unpaired) electrons. The number of carboxylic acids is 1. The van der Waals surface area contributed by atoms with Gasteiger partial charge in [-0.15, -0.1) is 0 Å². The Morgan fingerprint density at radius 3 is 2.84 bits per heavy atom. The van der Waals surface area contributed by atoms with Gasteiger partial charge in [-0.05, 0) is 18.6 Å². The second-order valence-corrected chi connectivity index (χ2v) is 4.57. The predicted octanol–water partition coefficient (Wildman–Crippen LogP) is 2.12. The van der Waals surface area contributed by atoms with Crippen LogP contribution in [0.25, 0.3) is 0 Å². The maximum absolute atomic E-state index is 11.0. The molecule has 19 heavy (non-hydrogen) atoms. The normalized spacial score (nSPS) is 15.5. The molecule has 1 aromatic rings. The summed E-state index contributed by atoms with van der Waals surface area (Å²) in [6.07, 6.45) is 1.16. The Labute approximate surface area is 112 Å². The van der Waals surface area contributed by atoms with Gasteiger partial charge in [0, 0.05) is 12.0 Å². The van der Waals surface area contributed by atoms with Crippen molar-refractivity contribution < 1.29 is 24.1 Å². The van der Waals surface area contributed by atoms with Gasteiger partial charge >= 0.3 is 5.97 Å². The van der Waals surface area contributed by atoms with Crippen molar-refractivity contribution in [2.24, 2.45) is 5.92 Å². The summed E-state index contributed by atoms with van der Waals surface area (Å²) in [5.74, 6) is 0.564. The average molecular weight is 266 g/mol. The standard InChI is InChI=1S/C14H18O5/c1-9(14(15)16)8-10-11(17-2)4-5-12-13(10)19-7-3-6-18-12/h4-5,9H,3,6-8H2,1-2H3,(H,15,16). The van der Waals surface area contributed by atoms with Gasteiger partial charge in [0.15, 0.2) is 11.5 Å². The smallest absolute Gasteiger partial charge is 0.306 e. The fraction of sp³-hybridized carbons (Fsp3) is 0.500. The van der Waals surface area contributed by atoms with Crippen molar-refractivity contribution in [3.8, 4) is 17.2 Å². The molecule has 0 aromatic heterocycles. The van der Waals surface area contributed by atoms with Gasteiger partial charge < -0.3 is 19.3 Å². The molecule has 0 bridgehead atoms. The van der Waals surface area contributed by atoms with E-state index < -0.39 is 11.9 Å². The second-order valence-electron chi connectivity index (χ2n) is 4.57. The van der Waals surface area contributed by atoms with E-state index in [4.69, 9.17) is 19.3 Å². The van der Waals surface area contributed by atoms with Gasteiger partial charge in [-0.3, -0.25) is 4.79 Å². The van der Waals surface area contributed by atoms with E-state index in [9.17, 15) is 4.79 Å². The first-order chi connectivity index (χ1) is 9.13. The highest BCUT2D eigenvalue weighted by Crippen LogP contribution is 2.40. The summed E-state index contributed by atoms with van der Waals surface area (Å²) in [4.78, 5) is 11.0. The van der Waals surface area contributed by atoms with Gasteiger partial charge in [-0.25, -0.2) is 0 Å². The van der Waals surface area contributed by atoms with Crippen LogP contribution in [-0.4, -0.2) is 31.4 Å². The molecule has 0 amide bonds. The zero-order chi connectivity index (χ0) is 13.8. The lowest BCUT2D eigenvalue weighted by Crippen LogP contribution is -2.14. The van der Waals surface area contributed by atoms with Gasteiger partial charge in [-0.1, -0.05) is 6.92 Å². The number of rotatable bonds is 4. The zero-order valence-corrected chi connectivity index (χ0v) is 11.1. The number of ether oxygens (including phenoxy) is 3. The van der Waals surface area contributed by atoms with E-state index in [0.717, 1.165) is 12.0 Å². The van der Waals surface area contributed by atoms with Crippen molar-refractivity contribution >= 4 is 5.97 Å². The molecule has 2 rings (SSSR count). The Balaban J connectivity index is 2.40. The molecule has 1 heterocycles. The van der Waals surface area contributed by atoms with Crippen LogP contribution in [0, 0.1) is 5.92 Å². The summed E-state index contributed by atoms with van der Waals surface area (Å²) in [6.45, 7) is 2.83. The van der Waals surface area contributed by atoms with Crippen LogP contribution >= 0.6 is 0 Å². The first kappa shape index (κ1) is 13.5. The molecular formula is C14H18O5. The van der Waals surface area contributed by atoms with Crippen molar-refractivity contribution in [1.82, 2.24) is 0 Å². The molecule has 5 nitrogen and oxygen atoms in total. The summed E-state index contributed by atoms with van der Waals surface area (Å²) < 4.78 is 16.6. The Bertz CT molecular complexity index is 469. The number of methoxy groups -OCH3 is 1. The van der Waals surface area contributed by atoms with E-state index in [1.807, 2.05) is 0 Å². The lowest BCUT2D eigenvalue weighted by molar-refractivity contribution is -0.141. The van der Waals surface area contributed by atoms with E-state index in [1.54, 1.807) is 26.2 Å². The first-order valence-corrected chi connectivity index (χ1v) is 6.31. The number of carbonyl (C=O) groups is 1. The van der Waals surface area contributed by atoms with E-state index in [-0.39, 0.29) is 0 Å². The molecule has 1 unspecified atom stereocenters. The predicted molar refractivity (Wildman–Crippen MR) is 69.1 cm³/mol. The van der Waals surface area contributed by atoms with Crippen LogP contribution in [0.2, 0.25) is 0 Å². The SMILES string of the molecule is COc1ccc2c(c1CC(C)C(=O)O)OCCCO2. The van der Waals surface area contributed by atoms with Crippen molar-refractivity contribution in [1.29, 1.82) is 0 Å². The minimum Gasteiger partial charge on any atom is -0.496 e. The third kappa shape index (κ3) is 2.92. The summed E-state index contributed by atoms with van der Waals surface area (Å²) in [5.41, 5.74) is 0.761. The van der Waals surface area contributed by atoms with E-state index >= 15 is 0 Å². The highest BCUT2D eigenvalue weighted by atomic mass is 16.5. The van der Waals surface area contributed by atoms with Crippen LogP contribution in [0.15, 0.2) is 12.1 Å². The largest absolute Gasteiger partial charge is 0.496 e. The lowest BCUT2D eigenvalue weighted by atomic mass is 9.99. The molecule has 0 fully saturated rings. The molecule has 0 aliphatic carbocycles. The van der Waals surface area contributed by atoms with Crippen molar-refractivity contribution in [3.05, 3.63) is 17.7 Å². The van der Waals surface area contributed by atoms with Crippen LogP contribution in [0.1, 0.15) is 18.9 Å². The Morgan fingerprint density at radius 2 is 2.16 bits per heavy atom. The van der Waals surface area contributed by atoms with E-state index in [2.05, 4.69) is 0 Å². The Hall–Kier alpha value is -1.91. The maximum atomic E-state index is 11.0. The van der Waals surface area contributed by atoms with Crippen LogP contribution in [0.3, 0.4) is 0 Å². The molecule has 0 saturated carbocycles. The molecule has 1 aromatic carbocycles. The zero-order valence-electron chi connectivity index (χ0n) is 11.1. The number of benzene rings is 1. The van der Waals surface area contributed by atoms with Crippen molar-refractivity contribution in [2.75, 3.05) is 20.3 Å². The second kappa shape index (κ2) is 5.82. The van der Waals surface area contributed by atoms with Gasteiger partial charge in [0.25, 0.3) is 0 Å². The summed E-state index contributed by atoms with van der Waals surface area (Å²) >= 11 is 0. The van der Waals surface area contributed by atoms with Crippen molar-refractivity contribution in [3.63, 3.8) is 0 Å². The fourth-order valence-corrected chi connectivity index (χ4v) is 2.05. The summed E-state index contributed by atoms with van der Waals surface area (Å²) in [7, 11) is 1.56. The van der Waals surface area contributed by atoms with E-state index in [1.165, 1.54) is 0 Å². The molecule has 5 heteroatoms. The van der Waals surface area contributed by atoms with Gasteiger partial charge in [0.05, 0.1) is 26.2 Å². The van der Waals surface area contributed by atoms with Crippen LogP contribution in [0.4, 0.5) is 0 Å². The molecule has 0 spiro atoms. The Morgan fingerprint density at radius 1 is 1.42 bits per heavy atom. The van der Waals surface area contributed by atoms with Crippen LogP contribution in [-0.2, 0) is 11.2 Å². The number of carboxylic acid groups (broad SMARTS) is 1. The number of hydrogen-bond acceptors (Lipinski definition) is 4. The van der Waals surface area contributed by atoms with Gasteiger partial charge in [0.1, 0.15) is 5.75 Å². The minimum atomic E-state index is -0.839. The molecule has 0 saturated heterocycles. The number of hydrogen-bond donors (Lipinski definition) is 1. The Kier molecular flexibility index (Phi) is 4.14. The lowest BCUT2D eigenvalue weighted by Gasteiger charge is -2.17. The van der Waals surface area contributed by atoms with Crippen LogP contribution in [0.5, 0.6) is 17.2 Å². The molecule has 1 aliphatic heterocycles.